The van der Waals surface area contributed by atoms with E-state index in [2.05, 4.69) is 10.6 Å². The van der Waals surface area contributed by atoms with E-state index in [0.29, 0.717) is 29.1 Å². The lowest BCUT2D eigenvalue weighted by atomic mass is 9.87. The number of para-hydroxylation sites is 1. The van der Waals surface area contributed by atoms with Crippen LogP contribution in [-0.4, -0.2) is 52.2 Å². The molecule has 1 fully saturated rings. The summed E-state index contributed by atoms with van der Waals surface area (Å²) in [5, 5.41) is 15.9. The average molecular weight is 530 g/mol. The van der Waals surface area contributed by atoms with Gasteiger partial charge in [0.05, 0.1) is 17.3 Å². The number of alkyl carbamates (subject to hydrolysis) is 1. The maximum atomic E-state index is 13.9. The van der Waals surface area contributed by atoms with Crippen LogP contribution in [0.4, 0.5) is 10.5 Å². The van der Waals surface area contributed by atoms with Gasteiger partial charge in [-0.3, -0.25) is 9.59 Å². The highest BCUT2D eigenvalue weighted by Crippen LogP contribution is 2.36. The number of carbonyl (C=O) groups excluding carboxylic acids is 3. The van der Waals surface area contributed by atoms with Crippen molar-refractivity contribution < 1.29 is 24.2 Å². The summed E-state index contributed by atoms with van der Waals surface area (Å²) in [7, 11) is 0. The van der Waals surface area contributed by atoms with E-state index in [1.54, 1.807) is 32.9 Å². The molecule has 0 aromatic heterocycles. The molecule has 0 heterocycles. The molecule has 1 aliphatic rings. The average Bonchev–Trinajstić information content (AvgIpc) is 2.78. The molecule has 0 bridgehead atoms. The smallest absolute Gasteiger partial charge is 0.408 e. The van der Waals surface area contributed by atoms with E-state index in [1.807, 2.05) is 44.2 Å². The largest absolute Gasteiger partial charge is 0.444 e. The van der Waals surface area contributed by atoms with Gasteiger partial charge in [-0.25, -0.2) is 4.79 Å². The number of halogens is 1. The number of nitrogens with zero attached hydrogens (tertiary/aromatic N) is 1. The van der Waals surface area contributed by atoms with Gasteiger partial charge in [0.15, 0.2) is 0 Å². The Kier molecular flexibility index (Phi) is 9.21. The summed E-state index contributed by atoms with van der Waals surface area (Å²) in [5.74, 6) is -0.989. The minimum Gasteiger partial charge on any atom is -0.444 e. The lowest BCUT2D eigenvalue weighted by molar-refractivity contribution is -0.146. The van der Waals surface area contributed by atoms with Gasteiger partial charge in [-0.15, -0.1) is 0 Å². The van der Waals surface area contributed by atoms with E-state index in [4.69, 9.17) is 16.3 Å². The number of benzene rings is 2. The van der Waals surface area contributed by atoms with Gasteiger partial charge < -0.3 is 25.4 Å². The summed E-state index contributed by atoms with van der Waals surface area (Å²) >= 11 is 6.39. The van der Waals surface area contributed by atoms with E-state index in [0.717, 1.165) is 17.5 Å². The summed E-state index contributed by atoms with van der Waals surface area (Å²) in [4.78, 5) is 41.8. The highest BCUT2D eigenvalue weighted by atomic mass is 35.5. The zero-order valence-electron chi connectivity index (χ0n) is 22.0. The molecule has 1 saturated carbocycles. The molecule has 3 amide bonds. The SMILES string of the molecule is Cc1ccccc1C(C(=O)Nc1c(C)cccc1Cl)N(C(=O)C(CO)NC(=O)OC(C)(C)C)C1CCC1. The van der Waals surface area contributed by atoms with Crippen LogP contribution in [0.15, 0.2) is 42.5 Å². The van der Waals surface area contributed by atoms with Crippen LogP contribution in [0.5, 0.6) is 0 Å². The third kappa shape index (κ3) is 7.02. The number of anilines is 1. The molecule has 2 aromatic carbocycles. The van der Waals surface area contributed by atoms with Crippen molar-refractivity contribution in [3.8, 4) is 0 Å². The Labute approximate surface area is 223 Å². The summed E-state index contributed by atoms with van der Waals surface area (Å²) in [6.45, 7) is 8.19. The summed E-state index contributed by atoms with van der Waals surface area (Å²) in [6, 6.07) is 10.2. The maximum absolute atomic E-state index is 13.9. The van der Waals surface area contributed by atoms with Crippen LogP contribution in [0.2, 0.25) is 5.02 Å². The standard InChI is InChI=1S/C28H36ClN3O5/c1-17-10-6-7-14-20(17)24(25(34)31-23-18(2)11-8-15-21(23)29)32(19-12-9-13-19)26(35)22(16-33)30-27(36)37-28(3,4)5/h6-8,10-11,14-15,19,22,24,33H,9,12-13,16H2,1-5H3,(H,30,36)(H,31,34). The molecule has 200 valence electrons. The van der Waals surface area contributed by atoms with Crippen molar-refractivity contribution in [2.24, 2.45) is 0 Å². The van der Waals surface area contributed by atoms with Gasteiger partial charge in [0.25, 0.3) is 5.91 Å². The monoisotopic (exact) mass is 529 g/mol. The first-order valence-corrected chi connectivity index (χ1v) is 12.8. The number of rotatable bonds is 8. The first-order valence-electron chi connectivity index (χ1n) is 12.5. The molecule has 9 heteroatoms. The Balaban J connectivity index is 2.02. The molecule has 3 N–H and O–H groups in total. The Morgan fingerprint density at radius 1 is 1.08 bits per heavy atom. The van der Waals surface area contributed by atoms with Crippen LogP contribution in [0.3, 0.4) is 0 Å². The van der Waals surface area contributed by atoms with Gasteiger partial charge in [-0.2, -0.15) is 0 Å². The van der Waals surface area contributed by atoms with E-state index in [-0.39, 0.29) is 6.04 Å². The predicted octanol–water partition coefficient (Wildman–Crippen LogP) is 4.90. The van der Waals surface area contributed by atoms with Crippen molar-refractivity contribution in [1.29, 1.82) is 0 Å². The lowest BCUT2D eigenvalue weighted by Gasteiger charge is -2.43. The predicted molar refractivity (Wildman–Crippen MR) is 143 cm³/mol. The van der Waals surface area contributed by atoms with Gasteiger partial charge in [-0.1, -0.05) is 48.0 Å². The zero-order chi connectivity index (χ0) is 27.3. The molecule has 2 atom stereocenters. The normalized spacial score (nSPS) is 15.2. The van der Waals surface area contributed by atoms with Gasteiger partial charge in [0.1, 0.15) is 17.7 Å². The minimum absolute atomic E-state index is 0.232. The zero-order valence-corrected chi connectivity index (χ0v) is 22.8. The summed E-state index contributed by atoms with van der Waals surface area (Å²) in [5.41, 5.74) is 1.96. The third-order valence-electron chi connectivity index (χ3n) is 6.37. The topological polar surface area (TPSA) is 108 Å². The molecule has 0 aliphatic heterocycles. The second kappa shape index (κ2) is 12.0. The van der Waals surface area contributed by atoms with E-state index in [9.17, 15) is 19.5 Å². The van der Waals surface area contributed by atoms with E-state index < -0.39 is 42.2 Å². The Hall–Kier alpha value is -3.10. The fourth-order valence-corrected chi connectivity index (χ4v) is 4.56. The van der Waals surface area contributed by atoms with Crippen molar-refractivity contribution >= 4 is 35.2 Å². The van der Waals surface area contributed by atoms with Crippen molar-refractivity contribution in [2.75, 3.05) is 11.9 Å². The molecule has 8 nitrogen and oxygen atoms in total. The fourth-order valence-electron chi connectivity index (χ4n) is 4.29. The van der Waals surface area contributed by atoms with Crippen molar-refractivity contribution in [1.82, 2.24) is 10.2 Å². The molecule has 0 saturated heterocycles. The van der Waals surface area contributed by atoms with Crippen molar-refractivity contribution in [2.45, 2.75) is 77.6 Å². The van der Waals surface area contributed by atoms with Crippen LogP contribution in [0.25, 0.3) is 0 Å². The Bertz CT molecular complexity index is 1120. The molecule has 0 radical (unpaired) electrons. The van der Waals surface area contributed by atoms with E-state index >= 15 is 0 Å². The third-order valence-corrected chi connectivity index (χ3v) is 6.69. The van der Waals surface area contributed by atoms with Gasteiger partial charge >= 0.3 is 6.09 Å². The Morgan fingerprint density at radius 2 is 1.73 bits per heavy atom. The lowest BCUT2D eigenvalue weighted by Crippen LogP contribution is -2.58. The highest BCUT2D eigenvalue weighted by Gasteiger charge is 2.42. The number of ether oxygens (including phenoxy) is 1. The number of aliphatic hydroxyl groups is 1. The molecule has 2 aromatic rings. The van der Waals surface area contributed by atoms with Crippen LogP contribution in [0.1, 0.15) is 62.8 Å². The quantitative estimate of drug-likeness (QED) is 0.450. The number of nitrogens with one attached hydrogen (secondary N) is 2. The number of hydrogen-bond donors (Lipinski definition) is 3. The molecule has 3 rings (SSSR count). The molecule has 0 spiro atoms. The Morgan fingerprint density at radius 3 is 2.27 bits per heavy atom. The number of carbonyl (C=O) groups is 3. The van der Waals surface area contributed by atoms with Crippen molar-refractivity contribution in [3.63, 3.8) is 0 Å². The van der Waals surface area contributed by atoms with Gasteiger partial charge in [0.2, 0.25) is 5.91 Å². The van der Waals surface area contributed by atoms with Gasteiger partial charge in [0, 0.05) is 6.04 Å². The highest BCUT2D eigenvalue weighted by molar-refractivity contribution is 6.34. The minimum atomic E-state index is -1.28. The first-order chi connectivity index (χ1) is 17.4. The van der Waals surface area contributed by atoms with Crippen LogP contribution in [-0.2, 0) is 14.3 Å². The molecule has 2 unspecified atom stereocenters. The number of hydrogen-bond acceptors (Lipinski definition) is 5. The number of amides is 3. The van der Waals surface area contributed by atoms with Gasteiger partial charge in [-0.05, 0) is 76.6 Å². The molecular weight excluding hydrogens is 494 g/mol. The number of aryl methyl sites for hydroxylation is 2. The van der Waals surface area contributed by atoms with E-state index in [1.165, 1.54) is 4.90 Å². The summed E-state index contributed by atoms with van der Waals surface area (Å²) < 4.78 is 5.29. The van der Waals surface area contributed by atoms with Crippen LogP contribution >= 0.6 is 11.6 Å². The second-order valence-corrected chi connectivity index (χ2v) is 10.8. The fraction of sp³-hybridized carbons (Fsp3) is 0.464. The number of aliphatic hydroxyl groups excluding tert-OH is 1. The van der Waals surface area contributed by atoms with Crippen molar-refractivity contribution in [3.05, 3.63) is 64.2 Å². The molecule has 37 heavy (non-hydrogen) atoms. The molecule has 1 aliphatic carbocycles. The maximum Gasteiger partial charge on any atom is 0.408 e. The molecular formula is C28H36ClN3O5. The second-order valence-electron chi connectivity index (χ2n) is 10.4. The van der Waals surface area contributed by atoms with Crippen LogP contribution in [0, 0.1) is 13.8 Å². The van der Waals surface area contributed by atoms with Crippen LogP contribution < -0.4 is 10.6 Å². The summed E-state index contributed by atoms with van der Waals surface area (Å²) in [6.07, 6.45) is 1.49. The first kappa shape index (κ1) is 28.5.